The second-order valence-corrected chi connectivity index (χ2v) is 4.74. The minimum absolute atomic E-state index is 0.244. The number of hydrogen-bond donors (Lipinski definition) is 2. The van der Waals surface area contributed by atoms with Crippen molar-refractivity contribution < 1.29 is 27.8 Å². The van der Waals surface area contributed by atoms with Crippen molar-refractivity contribution in [2.45, 2.75) is 19.0 Å². The van der Waals surface area contributed by atoms with Crippen molar-refractivity contribution in [3.8, 4) is 5.75 Å². The lowest BCUT2D eigenvalue weighted by Gasteiger charge is -2.11. The molecule has 0 radical (unpaired) electrons. The van der Waals surface area contributed by atoms with Crippen LogP contribution in [0.4, 0.5) is 18.9 Å². The summed E-state index contributed by atoms with van der Waals surface area (Å²) in [5.74, 6) is -0.529. The van der Waals surface area contributed by atoms with E-state index in [0.717, 1.165) is 25.0 Å². The number of aromatic hydroxyl groups is 1. The van der Waals surface area contributed by atoms with E-state index in [1.165, 1.54) is 0 Å². The molecule has 7 heteroatoms. The number of carbonyl (C=O) groups is 1. The van der Waals surface area contributed by atoms with E-state index in [4.69, 9.17) is 4.74 Å². The van der Waals surface area contributed by atoms with Gasteiger partial charge in [-0.05, 0) is 37.0 Å². The van der Waals surface area contributed by atoms with Gasteiger partial charge in [0.2, 0.25) is 5.91 Å². The summed E-state index contributed by atoms with van der Waals surface area (Å²) in [4.78, 5) is 11.5. The van der Waals surface area contributed by atoms with Crippen LogP contribution in [0.2, 0.25) is 0 Å². The Hall–Kier alpha value is -1.76. The summed E-state index contributed by atoms with van der Waals surface area (Å²) >= 11 is 0. The van der Waals surface area contributed by atoms with E-state index in [2.05, 4.69) is 5.32 Å². The molecule has 1 aromatic carbocycles. The molecule has 0 saturated heterocycles. The fourth-order valence-electron chi connectivity index (χ4n) is 1.60. The highest BCUT2D eigenvalue weighted by molar-refractivity contribution is 5.93. The van der Waals surface area contributed by atoms with E-state index >= 15 is 0 Å². The Labute approximate surface area is 113 Å². The summed E-state index contributed by atoms with van der Waals surface area (Å²) in [7, 11) is 0. The van der Waals surface area contributed by atoms with Crippen molar-refractivity contribution in [2.24, 2.45) is 5.92 Å². The Kier molecular flexibility index (Phi) is 4.17. The number of benzene rings is 1. The zero-order valence-corrected chi connectivity index (χ0v) is 10.5. The second kappa shape index (κ2) is 5.70. The fourth-order valence-corrected chi connectivity index (χ4v) is 1.60. The number of alkyl halides is 3. The molecule has 1 amide bonds. The molecule has 20 heavy (non-hydrogen) atoms. The lowest BCUT2D eigenvalue weighted by Crippen LogP contribution is -2.19. The first-order chi connectivity index (χ1) is 9.36. The van der Waals surface area contributed by atoms with Gasteiger partial charge in [-0.3, -0.25) is 4.79 Å². The van der Waals surface area contributed by atoms with Gasteiger partial charge in [0.1, 0.15) is 12.4 Å². The number of phenols is 1. The number of hydrogen-bond acceptors (Lipinski definition) is 3. The third-order valence-corrected chi connectivity index (χ3v) is 2.88. The Balaban J connectivity index is 1.94. The first kappa shape index (κ1) is 14.6. The van der Waals surface area contributed by atoms with Crippen molar-refractivity contribution >= 4 is 11.6 Å². The SMILES string of the molecule is O=C(COCC1CC1)Nc1cc(C(F)(F)F)ccc1O. The van der Waals surface area contributed by atoms with Gasteiger partial charge in [-0.1, -0.05) is 0 Å². The minimum Gasteiger partial charge on any atom is -0.506 e. The van der Waals surface area contributed by atoms with Gasteiger partial charge in [0.25, 0.3) is 0 Å². The molecule has 1 aromatic rings. The summed E-state index contributed by atoms with van der Waals surface area (Å²) in [5, 5.41) is 11.7. The topological polar surface area (TPSA) is 58.6 Å². The highest BCUT2D eigenvalue weighted by Crippen LogP contribution is 2.34. The van der Waals surface area contributed by atoms with Gasteiger partial charge >= 0.3 is 6.18 Å². The van der Waals surface area contributed by atoms with E-state index < -0.39 is 23.4 Å². The van der Waals surface area contributed by atoms with Crippen LogP contribution >= 0.6 is 0 Å². The fraction of sp³-hybridized carbons (Fsp3) is 0.462. The highest BCUT2D eigenvalue weighted by atomic mass is 19.4. The van der Waals surface area contributed by atoms with Crippen LogP contribution in [-0.2, 0) is 15.7 Å². The van der Waals surface area contributed by atoms with Crippen LogP contribution in [0.25, 0.3) is 0 Å². The number of amides is 1. The number of anilines is 1. The highest BCUT2D eigenvalue weighted by Gasteiger charge is 2.31. The first-order valence-electron chi connectivity index (χ1n) is 6.14. The maximum Gasteiger partial charge on any atom is 0.416 e. The molecule has 0 atom stereocenters. The molecule has 0 bridgehead atoms. The van der Waals surface area contributed by atoms with E-state index in [1.807, 2.05) is 0 Å². The molecule has 0 aromatic heterocycles. The Morgan fingerprint density at radius 2 is 2.10 bits per heavy atom. The monoisotopic (exact) mass is 289 g/mol. The van der Waals surface area contributed by atoms with Crippen LogP contribution in [0, 0.1) is 5.92 Å². The van der Waals surface area contributed by atoms with Crippen LogP contribution in [0.15, 0.2) is 18.2 Å². The normalized spacial score (nSPS) is 15.2. The second-order valence-electron chi connectivity index (χ2n) is 4.74. The number of rotatable bonds is 5. The number of carbonyl (C=O) groups excluding carboxylic acids is 1. The minimum atomic E-state index is -4.53. The number of phenolic OH excluding ortho intramolecular Hbond substituents is 1. The van der Waals surface area contributed by atoms with Crippen molar-refractivity contribution in [2.75, 3.05) is 18.5 Å². The Bertz CT molecular complexity index is 498. The summed E-state index contributed by atoms with van der Waals surface area (Å²) in [6.45, 7) is 0.230. The average Bonchev–Trinajstić information content (AvgIpc) is 3.14. The molecule has 4 nitrogen and oxygen atoms in total. The van der Waals surface area contributed by atoms with E-state index in [9.17, 15) is 23.1 Å². The zero-order chi connectivity index (χ0) is 14.8. The summed E-state index contributed by atoms with van der Waals surface area (Å²) in [6.07, 6.45) is -2.37. The standard InChI is InChI=1S/C13H14F3NO3/c14-13(15,16)9-3-4-11(18)10(5-9)17-12(19)7-20-6-8-1-2-8/h3-5,8,18H,1-2,6-7H2,(H,17,19). The molecule has 110 valence electrons. The number of ether oxygens (including phenoxy) is 1. The summed E-state index contributed by atoms with van der Waals surface area (Å²) in [5.41, 5.74) is -1.22. The smallest absolute Gasteiger partial charge is 0.416 e. The van der Waals surface area contributed by atoms with Gasteiger partial charge in [0, 0.05) is 0 Å². The molecule has 0 spiro atoms. The maximum absolute atomic E-state index is 12.5. The van der Waals surface area contributed by atoms with Crippen LogP contribution in [0.3, 0.4) is 0 Å². The predicted octanol–water partition coefficient (Wildman–Crippen LogP) is 2.78. The van der Waals surface area contributed by atoms with Gasteiger partial charge in [-0.15, -0.1) is 0 Å². The summed E-state index contributed by atoms with van der Waals surface area (Å²) < 4.78 is 42.7. The molecular formula is C13H14F3NO3. The average molecular weight is 289 g/mol. The lowest BCUT2D eigenvalue weighted by atomic mass is 10.2. The first-order valence-corrected chi connectivity index (χ1v) is 6.14. The van der Waals surface area contributed by atoms with E-state index in [-0.39, 0.29) is 12.3 Å². The van der Waals surface area contributed by atoms with Crippen molar-refractivity contribution in [3.05, 3.63) is 23.8 Å². The van der Waals surface area contributed by atoms with E-state index in [0.29, 0.717) is 18.6 Å². The zero-order valence-electron chi connectivity index (χ0n) is 10.5. The van der Waals surface area contributed by atoms with Gasteiger partial charge in [0.15, 0.2) is 0 Å². The van der Waals surface area contributed by atoms with Crippen LogP contribution in [-0.4, -0.2) is 24.2 Å². The number of nitrogens with one attached hydrogen (secondary N) is 1. The van der Waals surface area contributed by atoms with Crippen molar-refractivity contribution in [1.29, 1.82) is 0 Å². The van der Waals surface area contributed by atoms with Gasteiger partial charge in [-0.2, -0.15) is 13.2 Å². The van der Waals surface area contributed by atoms with Crippen molar-refractivity contribution in [1.82, 2.24) is 0 Å². The molecule has 0 aliphatic heterocycles. The predicted molar refractivity (Wildman–Crippen MR) is 65.3 cm³/mol. The molecule has 1 saturated carbocycles. The molecule has 2 rings (SSSR count). The largest absolute Gasteiger partial charge is 0.506 e. The third kappa shape index (κ3) is 4.12. The Morgan fingerprint density at radius 1 is 1.40 bits per heavy atom. The molecule has 1 aliphatic rings. The molecular weight excluding hydrogens is 275 g/mol. The quantitative estimate of drug-likeness (QED) is 0.819. The van der Waals surface area contributed by atoms with Gasteiger partial charge in [0.05, 0.1) is 17.9 Å². The molecule has 0 unspecified atom stereocenters. The van der Waals surface area contributed by atoms with Crippen LogP contribution < -0.4 is 5.32 Å². The molecule has 0 heterocycles. The van der Waals surface area contributed by atoms with Gasteiger partial charge in [-0.25, -0.2) is 0 Å². The third-order valence-electron chi connectivity index (χ3n) is 2.88. The number of halogens is 3. The molecule has 1 aliphatic carbocycles. The van der Waals surface area contributed by atoms with Crippen molar-refractivity contribution in [3.63, 3.8) is 0 Å². The van der Waals surface area contributed by atoms with Crippen LogP contribution in [0.1, 0.15) is 18.4 Å². The molecule has 2 N–H and O–H groups in total. The maximum atomic E-state index is 12.5. The van der Waals surface area contributed by atoms with Crippen LogP contribution in [0.5, 0.6) is 5.75 Å². The summed E-state index contributed by atoms with van der Waals surface area (Å²) in [6, 6.07) is 2.33. The van der Waals surface area contributed by atoms with E-state index in [1.54, 1.807) is 0 Å². The Morgan fingerprint density at radius 3 is 2.70 bits per heavy atom. The van der Waals surface area contributed by atoms with Gasteiger partial charge < -0.3 is 15.2 Å². The lowest BCUT2D eigenvalue weighted by molar-refractivity contribution is -0.137. The molecule has 1 fully saturated rings.